The standard InChI is InChI=1S/C5H10N4/c6-4-2-1-3-9(8)5(4)7/h1-2,4,7H,3,6,8H2. The predicted octanol–water partition coefficient (Wildman–Crippen LogP) is -0.964. The van der Waals surface area contributed by atoms with Gasteiger partial charge in [0.05, 0.1) is 12.6 Å². The van der Waals surface area contributed by atoms with Crippen molar-refractivity contribution in [3.05, 3.63) is 12.2 Å². The highest BCUT2D eigenvalue weighted by atomic mass is 15.4. The number of hydrogen-bond donors (Lipinski definition) is 3. The highest BCUT2D eigenvalue weighted by Gasteiger charge is 2.13. The van der Waals surface area contributed by atoms with Crippen LogP contribution in [-0.2, 0) is 0 Å². The summed E-state index contributed by atoms with van der Waals surface area (Å²) in [5.41, 5.74) is 5.44. The fourth-order valence-electron chi connectivity index (χ4n) is 0.702. The number of nitrogens with zero attached hydrogens (tertiary/aromatic N) is 1. The normalized spacial score (nSPS) is 27.1. The van der Waals surface area contributed by atoms with Gasteiger partial charge in [-0.05, 0) is 0 Å². The van der Waals surface area contributed by atoms with Crippen LogP contribution in [0.4, 0.5) is 0 Å². The summed E-state index contributed by atoms with van der Waals surface area (Å²) in [6.45, 7) is 0.590. The van der Waals surface area contributed by atoms with E-state index in [1.807, 2.05) is 6.08 Å². The molecular weight excluding hydrogens is 116 g/mol. The van der Waals surface area contributed by atoms with Gasteiger partial charge in [-0.3, -0.25) is 10.4 Å². The molecule has 0 bridgehead atoms. The molecule has 1 atom stereocenters. The molecule has 1 unspecified atom stereocenters. The highest BCUT2D eigenvalue weighted by Crippen LogP contribution is 1.96. The molecule has 0 aromatic heterocycles. The molecule has 0 saturated carbocycles. The molecule has 1 aliphatic heterocycles. The van der Waals surface area contributed by atoms with Crippen LogP contribution in [0, 0.1) is 5.41 Å². The van der Waals surface area contributed by atoms with E-state index in [9.17, 15) is 0 Å². The third kappa shape index (κ3) is 1.09. The Labute approximate surface area is 53.6 Å². The summed E-state index contributed by atoms with van der Waals surface area (Å²) in [5.74, 6) is 5.62. The van der Waals surface area contributed by atoms with Crippen molar-refractivity contribution in [2.75, 3.05) is 6.54 Å². The Kier molecular flexibility index (Phi) is 1.50. The summed E-state index contributed by atoms with van der Waals surface area (Å²) in [4.78, 5) is 0. The lowest BCUT2D eigenvalue weighted by atomic mass is 10.2. The van der Waals surface area contributed by atoms with Crippen molar-refractivity contribution in [2.24, 2.45) is 11.6 Å². The molecule has 4 heteroatoms. The maximum absolute atomic E-state index is 7.23. The molecule has 0 amide bonds. The fourth-order valence-corrected chi connectivity index (χ4v) is 0.702. The van der Waals surface area contributed by atoms with Crippen LogP contribution in [0.3, 0.4) is 0 Å². The van der Waals surface area contributed by atoms with E-state index in [0.29, 0.717) is 6.54 Å². The lowest BCUT2D eigenvalue weighted by molar-refractivity contribution is 0.461. The monoisotopic (exact) mass is 126 g/mol. The molecule has 50 valence electrons. The summed E-state index contributed by atoms with van der Waals surface area (Å²) in [7, 11) is 0. The van der Waals surface area contributed by atoms with E-state index in [-0.39, 0.29) is 11.9 Å². The summed E-state index contributed by atoms with van der Waals surface area (Å²) < 4.78 is 0. The number of amidine groups is 1. The first-order chi connectivity index (χ1) is 4.22. The lowest BCUT2D eigenvalue weighted by Crippen LogP contribution is -2.48. The molecule has 4 nitrogen and oxygen atoms in total. The number of nitrogens with two attached hydrogens (primary N) is 2. The van der Waals surface area contributed by atoms with Crippen LogP contribution in [0.5, 0.6) is 0 Å². The van der Waals surface area contributed by atoms with E-state index in [1.54, 1.807) is 6.08 Å². The fraction of sp³-hybridized carbons (Fsp3) is 0.400. The SMILES string of the molecule is N=C1C(N)C=CCN1N. The zero-order valence-electron chi connectivity index (χ0n) is 5.04. The minimum atomic E-state index is -0.316. The number of rotatable bonds is 0. The van der Waals surface area contributed by atoms with Crippen molar-refractivity contribution in [3.63, 3.8) is 0 Å². The van der Waals surface area contributed by atoms with Crippen LogP contribution in [0.25, 0.3) is 0 Å². The van der Waals surface area contributed by atoms with Gasteiger partial charge in [0.15, 0.2) is 0 Å². The predicted molar refractivity (Wildman–Crippen MR) is 35.7 cm³/mol. The van der Waals surface area contributed by atoms with Gasteiger partial charge in [-0.15, -0.1) is 0 Å². The van der Waals surface area contributed by atoms with Gasteiger partial charge in [0.25, 0.3) is 0 Å². The lowest BCUT2D eigenvalue weighted by Gasteiger charge is -2.24. The molecule has 1 aliphatic rings. The Morgan fingerprint density at radius 2 is 2.44 bits per heavy atom. The first kappa shape index (κ1) is 6.25. The topological polar surface area (TPSA) is 79.1 Å². The van der Waals surface area contributed by atoms with Crippen molar-refractivity contribution < 1.29 is 0 Å². The first-order valence-electron chi connectivity index (χ1n) is 2.74. The second-order valence-electron chi connectivity index (χ2n) is 1.99. The third-order valence-corrected chi connectivity index (χ3v) is 1.27. The van der Waals surface area contributed by atoms with Gasteiger partial charge in [0.1, 0.15) is 5.84 Å². The van der Waals surface area contributed by atoms with Gasteiger partial charge < -0.3 is 5.73 Å². The Balaban J connectivity index is 2.69. The quantitative estimate of drug-likeness (QED) is 0.289. The highest BCUT2D eigenvalue weighted by molar-refractivity contribution is 5.86. The van der Waals surface area contributed by atoms with Crippen LogP contribution in [0.15, 0.2) is 12.2 Å². The third-order valence-electron chi connectivity index (χ3n) is 1.27. The number of hydrogen-bond acceptors (Lipinski definition) is 3. The molecule has 0 spiro atoms. The molecule has 0 aromatic carbocycles. The van der Waals surface area contributed by atoms with Gasteiger partial charge in [-0.25, -0.2) is 5.84 Å². The van der Waals surface area contributed by atoms with E-state index in [4.69, 9.17) is 17.0 Å². The molecule has 0 aromatic rings. The van der Waals surface area contributed by atoms with Gasteiger partial charge >= 0.3 is 0 Å². The van der Waals surface area contributed by atoms with Crippen molar-refractivity contribution in [1.29, 1.82) is 5.41 Å². The zero-order valence-corrected chi connectivity index (χ0v) is 5.04. The van der Waals surface area contributed by atoms with E-state index < -0.39 is 0 Å². The van der Waals surface area contributed by atoms with Gasteiger partial charge in [0.2, 0.25) is 0 Å². The smallest absolute Gasteiger partial charge is 0.132 e. The Morgan fingerprint density at radius 1 is 1.78 bits per heavy atom. The average molecular weight is 126 g/mol. The molecule has 0 aliphatic carbocycles. The van der Waals surface area contributed by atoms with Crippen LogP contribution in [0.2, 0.25) is 0 Å². The molecule has 0 fully saturated rings. The minimum Gasteiger partial charge on any atom is -0.318 e. The van der Waals surface area contributed by atoms with Crippen molar-refractivity contribution >= 4 is 5.84 Å². The second-order valence-corrected chi connectivity index (χ2v) is 1.99. The van der Waals surface area contributed by atoms with Crippen LogP contribution >= 0.6 is 0 Å². The van der Waals surface area contributed by atoms with Crippen molar-refractivity contribution in [1.82, 2.24) is 5.01 Å². The average Bonchev–Trinajstić information content (AvgIpc) is 1.83. The summed E-state index contributed by atoms with van der Waals surface area (Å²) in [5, 5.41) is 8.55. The summed E-state index contributed by atoms with van der Waals surface area (Å²) in [6.07, 6.45) is 3.62. The molecule has 5 N–H and O–H groups in total. The maximum Gasteiger partial charge on any atom is 0.132 e. The van der Waals surface area contributed by atoms with Gasteiger partial charge in [0, 0.05) is 0 Å². The zero-order chi connectivity index (χ0) is 6.85. The number of nitrogens with one attached hydrogen (secondary N) is 1. The van der Waals surface area contributed by atoms with Crippen molar-refractivity contribution in [3.8, 4) is 0 Å². The van der Waals surface area contributed by atoms with E-state index in [0.717, 1.165) is 0 Å². The minimum absolute atomic E-state index is 0.275. The molecular formula is C5H10N4. The van der Waals surface area contributed by atoms with Gasteiger partial charge in [-0.2, -0.15) is 0 Å². The van der Waals surface area contributed by atoms with E-state index in [2.05, 4.69) is 0 Å². The van der Waals surface area contributed by atoms with Crippen LogP contribution in [-0.4, -0.2) is 23.4 Å². The molecule has 9 heavy (non-hydrogen) atoms. The van der Waals surface area contributed by atoms with Crippen LogP contribution < -0.4 is 11.6 Å². The van der Waals surface area contributed by atoms with Gasteiger partial charge in [-0.1, -0.05) is 12.2 Å². The molecule has 0 radical (unpaired) electrons. The number of hydrazine groups is 1. The molecule has 1 rings (SSSR count). The summed E-state index contributed by atoms with van der Waals surface area (Å²) in [6, 6.07) is -0.316. The molecule has 0 saturated heterocycles. The summed E-state index contributed by atoms with van der Waals surface area (Å²) >= 11 is 0. The van der Waals surface area contributed by atoms with E-state index >= 15 is 0 Å². The first-order valence-corrected chi connectivity index (χ1v) is 2.74. The maximum atomic E-state index is 7.23. The van der Waals surface area contributed by atoms with Crippen LogP contribution in [0.1, 0.15) is 0 Å². The van der Waals surface area contributed by atoms with E-state index in [1.165, 1.54) is 5.01 Å². The Bertz CT molecular complexity index is 151. The molecule has 1 heterocycles. The Hall–Kier alpha value is -0.870. The van der Waals surface area contributed by atoms with Crippen molar-refractivity contribution in [2.45, 2.75) is 6.04 Å². The largest absolute Gasteiger partial charge is 0.318 e. The Morgan fingerprint density at radius 3 is 2.89 bits per heavy atom. The second kappa shape index (κ2) is 2.16.